The van der Waals surface area contributed by atoms with E-state index in [-0.39, 0.29) is 0 Å². The fraction of sp³-hybridized carbons (Fsp3) is 0.0476. The van der Waals surface area contributed by atoms with Crippen molar-refractivity contribution in [3.8, 4) is 11.1 Å². The monoisotopic (exact) mass is 296 g/mol. The Morgan fingerprint density at radius 1 is 0.609 bits per heavy atom. The molecule has 0 bridgehead atoms. The van der Waals surface area contributed by atoms with Gasteiger partial charge >= 0.3 is 6.92 Å². The standard InChI is InChI=1S/C21H17BO/c1-22(23)21-18-13-7-5-11-16(18)20(15-9-3-2-4-10-15)17-12-6-8-14-19(17)21/h2-14,23H,1H3. The molecule has 1 N–H and O–H groups in total. The smallest absolute Gasteiger partial charge is 0.321 e. The van der Waals surface area contributed by atoms with Gasteiger partial charge in [0, 0.05) is 0 Å². The first kappa shape index (κ1) is 14.0. The molecule has 0 atom stereocenters. The molecule has 0 saturated heterocycles. The van der Waals surface area contributed by atoms with E-state index in [4.69, 9.17) is 0 Å². The van der Waals surface area contributed by atoms with Gasteiger partial charge in [-0.3, -0.25) is 0 Å². The van der Waals surface area contributed by atoms with Gasteiger partial charge in [0.25, 0.3) is 0 Å². The summed E-state index contributed by atoms with van der Waals surface area (Å²) < 4.78 is 0. The summed E-state index contributed by atoms with van der Waals surface area (Å²) in [6, 6.07) is 27.2. The van der Waals surface area contributed by atoms with Gasteiger partial charge in [-0.1, -0.05) is 85.7 Å². The Bertz CT molecular complexity index is 933. The molecule has 0 radical (unpaired) electrons. The summed E-state index contributed by atoms with van der Waals surface area (Å²) in [6.07, 6.45) is 0. The molecule has 110 valence electrons. The quantitative estimate of drug-likeness (QED) is 0.427. The molecule has 0 amide bonds. The van der Waals surface area contributed by atoms with Crippen LogP contribution in [0.3, 0.4) is 0 Å². The number of hydrogen-bond acceptors (Lipinski definition) is 1. The van der Waals surface area contributed by atoms with Crippen LogP contribution >= 0.6 is 0 Å². The normalized spacial score (nSPS) is 11.0. The molecular formula is C21H17BO. The molecule has 0 spiro atoms. The van der Waals surface area contributed by atoms with Crippen molar-refractivity contribution in [1.82, 2.24) is 0 Å². The third kappa shape index (κ3) is 2.23. The van der Waals surface area contributed by atoms with Gasteiger partial charge in [-0.05, 0) is 38.1 Å². The SMILES string of the molecule is CB(O)c1c2ccccc2c(-c2ccccc2)c2ccccc12. The predicted octanol–water partition coefficient (Wildman–Crippen LogP) is 4.48. The highest BCUT2D eigenvalue weighted by Gasteiger charge is 2.19. The predicted molar refractivity (Wildman–Crippen MR) is 100 cm³/mol. The minimum Gasteiger partial charge on any atom is -0.446 e. The van der Waals surface area contributed by atoms with Crippen molar-refractivity contribution in [3.05, 3.63) is 78.9 Å². The van der Waals surface area contributed by atoms with E-state index in [0.29, 0.717) is 0 Å². The first-order valence-electron chi connectivity index (χ1n) is 7.94. The summed E-state index contributed by atoms with van der Waals surface area (Å²) >= 11 is 0. The number of benzene rings is 4. The Hall–Kier alpha value is -2.58. The molecule has 2 heteroatoms. The Balaban J connectivity index is 2.27. The maximum absolute atomic E-state index is 10.4. The summed E-state index contributed by atoms with van der Waals surface area (Å²) in [5, 5.41) is 15.0. The van der Waals surface area contributed by atoms with Crippen LogP contribution in [0, 0.1) is 0 Å². The van der Waals surface area contributed by atoms with Gasteiger partial charge in [-0.25, -0.2) is 0 Å². The van der Waals surface area contributed by atoms with Crippen molar-refractivity contribution in [2.24, 2.45) is 0 Å². The van der Waals surface area contributed by atoms with Gasteiger partial charge in [0.1, 0.15) is 0 Å². The second-order valence-corrected chi connectivity index (χ2v) is 5.92. The van der Waals surface area contributed by atoms with E-state index in [0.717, 1.165) is 16.2 Å². The summed E-state index contributed by atoms with van der Waals surface area (Å²) in [6.45, 7) is 1.34. The topological polar surface area (TPSA) is 20.2 Å². The fourth-order valence-electron chi connectivity index (χ4n) is 3.53. The van der Waals surface area contributed by atoms with Crippen molar-refractivity contribution >= 4 is 33.9 Å². The highest BCUT2D eigenvalue weighted by Crippen LogP contribution is 2.35. The molecule has 0 aliphatic rings. The molecule has 0 saturated carbocycles. The average Bonchev–Trinajstić information content (AvgIpc) is 2.59. The molecule has 0 heterocycles. The molecule has 4 rings (SSSR count). The van der Waals surface area contributed by atoms with Crippen molar-refractivity contribution < 1.29 is 5.02 Å². The third-order valence-corrected chi connectivity index (χ3v) is 4.45. The van der Waals surface area contributed by atoms with Crippen molar-refractivity contribution in [2.45, 2.75) is 6.82 Å². The van der Waals surface area contributed by atoms with Crippen LogP contribution in [0.5, 0.6) is 0 Å². The maximum atomic E-state index is 10.4. The van der Waals surface area contributed by atoms with Gasteiger partial charge in [0.05, 0.1) is 0 Å². The van der Waals surface area contributed by atoms with Crippen LogP contribution in [0.15, 0.2) is 78.9 Å². The van der Waals surface area contributed by atoms with E-state index in [1.54, 1.807) is 0 Å². The molecule has 4 aromatic rings. The second-order valence-electron chi connectivity index (χ2n) is 5.92. The van der Waals surface area contributed by atoms with Gasteiger partial charge in [-0.2, -0.15) is 0 Å². The van der Waals surface area contributed by atoms with Crippen LogP contribution in [0.2, 0.25) is 6.82 Å². The Morgan fingerprint density at radius 2 is 1.04 bits per heavy atom. The Labute approximate surface area is 136 Å². The molecule has 0 aliphatic carbocycles. The lowest BCUT2D eigenvalue weighted by Gasteiger charge is -2.17. The van der Waals surface area contributed by atoms with Crippen LogP contribution in [-0.2, 0) is 0 Å². The molecule has 0 unspecified atom stereocenters. The zero-order valence-electron chi connectivity index (χ0n) is 13.0. The molecule has 0 aromatic heterocycles. The minimum atomic E-state index is -0.505. The van der Waals surface area contributed by atoms with Crippen molar-refractivity contribution in [1.29, 1.82) is 0 Å². The summed E-state index contributed by atoms with van der Waals surface area (Å²) in [5.41, 5.74) is 3.45. The average molecular weight is 296 g/mol. The van der Waals surface area contributed by atoms with E-state index in [1.807, 2.05) is 25.0 Å². The summed E-state index contributed by atoms with van der Waals surface area (Å²) in [7, 11) is 0. The van der Waals surface area contributed by atoms with E-state index >= 15 is 0 Å². The number of rotatable bonds is 2. The van der Waals surface area contributed by atoms with Crippen molar-refractivity contribution in [3.63, 3.8) is 0 Å². The summed E-state index contributed by atoms with van der Waals surface area (Å²) in [4.78, 5) is 0. The van der Waals surface area contributed by atoms with Gasteiger partial charge < -0.3 is 5.02 Å². The molecule has 0 fully saturated rings. The largest absolute Gasteiger partial charge is 0.446 e. The lowest BCUT2D eigenvalue weighted by Crippen LogP contribution is -2.28. The Kier molecular flexibility index (Phi) is 3.40. The van der Waals surface area contributed by atoms with Crippen LogP contribution in [0.4, 0.5) is 0 Å². The minimum absolute atomic E-state index is 0.505. The maximum Gasteiger partial charge on any atom is 0.321 e. The lowest BCUT2D eigenvalue weighted by atomic mass is 9.60. The van der Waals surface area contributed by atoms with E-state index < -0.39 is 6.92 Å². The highest BCUT2D eigenvalue weighted by atomic mass is 16.2. The highest BCUT2D eigenvalue weighted by molar-refractivity contribution is 6.71. The molecule has 0 aliphatic heterocycles. The third-order valence-electron chi connectivity index (χ3n) is 4.45. The Morgan fingerprint density at radius 3 is 1.52 bits per heavy atom. The van der Waals surface area contributed by atoms with Gasteiger partial charge in [0.15, 0.2) is 0 Å². The van der Waals surface area contributed by atoms with Crippen molar-refractivity contribution in [2.75, 3.05) is 0 Å². The first-order valence-corrected chi connectivity index (χ1v) is 7.94. The van der Waals surface area contributed by atoms with Gasteiger partial charge in [-0.15, -0.1) is 0 Å². The van der Waals surface area contributed by atoms with Crippen LogP contribution < -0.4 is 5.46 Å². The van der Waals surface area contributed by atoms with Crippen LogP contribution in [-0.4, -0.2) is 11.9 Å². The first-order chi connectivity index (χ1) is 11.3. The number of hydrogen-bond donors (Lipinski definition) is 1. The van der Waals surface area contributed by atoms with Crippen LogP contribution in [0.1, 0.15) is 0 Å². The number of fused-ring (bicyclic) bond motifs is 2. The molecular weight excluding hydrogens is 279 g/mol. The van der Waals surface area contributed by atoms with E-state index in [2.05, 4.69) is 60.7 Å². The van der Waals surface area contributed by atoms with E-state index in [1.165, 1.54) is 21.9 Å². The summed E-state index contributed by atoms with van der Waals surface area (Å²) in [5.74, 6) is 0. The fourth-order valence-corrected chi connectivity index (χ4v) is 3.53. The lowest BCUT2D eigenvalue weighted by molar-refractivity contribution is 0.594. The van der Waals surface area contributed by atoms with Gasteiger partial charge in [0.2, 0.25) is 0 Å². The van der Waals surface area contributed by atoms with E-state index in [9.17, 15) is 5.02 Å². The zero-order valence-corrected chi connectivity index (χ0v) is 13.0. The molecule has 23 heavy (non-hydrogen) atoms. The molecule has 4 aromatic carbocycles. The second kappa shape index (κ2) is 5.56. The molecule has 1 nitrogen and oxygen atoms in total. The van der Waals surface area contributed by atoms with Crippen LogP contribution in [0.25, 0.3) is 32.7 Å². The zero-order chi connectivity index (χ0) is 15.8.